The van der Waals surface area contributed by atoms with Crippen molar-refractivity contribution in [2.75, 3.05) is 5.43 Å². The second-order valence-corrected chi connectivity index (χ2v) is 6.32. The van der Waals surface area contributed by atoms with Gasteiger partial charge in [-0.05, 0) is 48.9 Å². The number of nitrogens with one attached hydrogen (secondary N) is 2. The Balaban J connectivity index is 1.60. The van der Waals surface area contributed by atoms with E-state index in [1.54, 1.807) is 31.3 Å². The Morgan fingerprint density at radius 1 is 1.19 bits per heavy atom. The van der Waals surface area contributed by atoms with Crippen molar-refractivity contribution in [2.24, 2.45) is 5.10 Å². The van der Waals surface area contributed by atoms with E-state index in [1.165, 1.54) is 0 Å². The highest BCUT2D eigenvalue weighted by molar-refractivity contribution is 6.35. The number of hydrogen-bond donors (Lipinski definition) is 2. The van der Waals surface area contributed by atoms with Crippen molar-refractivity contribution in [3.05, 3.63) is 79.8 Å². The molecular formula is C18H15Cl2N5O2. The largest absolute Gasteiger partial charge is 0.489 e. The molecule has 0 aliphatic rings. The molecule has 3 aromatic rings. The predicted molar refractivity (Wildman–Crippen MR) is 106 cm³/mol. The van der Waals surface area contributed by atoms with Crippen LogP contribution in [0.25, 0.3) is 0 Å². The quantitative estimate of drug-likeness (QED) is 0.482. The van der Waals surface area contributed by atoms with E-state index in [0.29, 0.717) is 27.3 Å². The lowest BCUT2D eigenvalue weighted by Gasteiger charge is -2.09. The van der Waals surface area contributed by atoms with Crippen molar-refractivity contribution in [3.8, 4) is 5.75 Å². The van der Waals surface area contributed by atoms with Gasteiger partial charge < -0.3 is 4.74 Å². The van der Waals surface area contributed by atoms with Crippen LogP contribution in [0.3, 0.4) is 0 Å². The van der Waals surface area contributed by atoms with Gasteiger partial charge in [0.05, 0.1) is 6.21 Å². The van der Waals surface area contributed by atoms with Gasteiger partial charge in [-0.2, -0.15) is 15.2 Å². The summed E-state index contributed by atoms with van der Waals surface area (Å²) >= 11 is 12.3. The Bertz CT molecular complexity index is 999. The highest BCUT2D eigenvalue weighted by Crippen LogP contribution is 2.25. The first-order valence-corrected chi connectivity index (χ1v) is 8.66. The van der Waals surface area contributed by atoms with Crippen LogP contribution in [-0.4, -0.2) is 21.4 Å². The fourth-order valence-corrected chi connectivity index (χ4v) is 2.65. The molecule has 2 aromatic carbocycles. The Morgan fingerprint density at radius 2 is 1.89 bits per heavy atom. The lowest BCUT2D eigenvalue weighted by Crippen LogP contribution is -2.15. The van der Waals surface area contributed by atoms with Crippen molar-refractivity contribution in [1.82, 2.24) is 15.2 Å². The zero-order valence-corrected chi connectivity index (χ0v) is 15.8. The number of aryl methyl sites for hydroxylation is 1. The molecule has 7 nitrogen and oxygen atoms in total. The Morgan fingerprint density at radius 3 is 2.59 bits per heavy atom. The van der Waals surface area contributed by atoms with Crippen LogP contribution in [0.1, 0.15) is 16.8 Å². The second kappa shape index (κ2) is 8.66. The monoisotopic (exact) mass is 403 g/mol. The molecular weight excluding hydrogens is 389 g/mol. The topological polar surface area (TPSA) is 92.3 Å². The number of nitrogens with zero attached hydrogens (tertiary/aromatic N) is 3. The maximum Gasteiger partial charge on any atom is 0.363 e. The maximum atomic E-state index is 11.2. The minimum atomic E-state index is -0.543. The predicted octanol–water partition coefficient (Wildman–Crippen LogP) is 3.81. The second-order valence-electron chi connectivity index (χ2n) is 5.50. The van der Waals surface area contributed by atoms with Crippen LogP contribution in [0.15, 0.2) is 52.4 Å². The summed E-state index contributed by atoms with van der Waals surface area (Å²) in [5, 5.41) is 11.2. The standard InChI is InChI=1S/C18H15Cl2N5O2/c1-11-17(22-18(26)25-23-11)24-21-9-12-5-7-13(8-6-12)27-10-14-15(19)3-2-4-16(14)20/h2-9H,10H2,1H3,(H2,22,24,25,26)/b21-9-. The van der Waals surface area contributed by atoms with Gasteiger partial charge >= 0.3 is 5.69 Å². The highest BCUT2D eigenvalue weighted by atomic mass is 35.5. The fourth-order valence-electron chi connectivity index (χ4n) is 2.14. The molecule has 0 aliphatic carbocycles. The van der Waals surface area contributed by atoms with Gasteiger partial charge in [0, 0.05) is 15.6 Å². The Labute approximate surface area is 165 Å². The van der Waals surface area contributed by atoms with Gasteiger partial charge in [0.2, 0.25) is 0 Å². The van der Waals surface area contributed by atoms with E-state index in [4.69, 9.17) is 27.9 Å². The summed E-state index contributed by atoms with van der Waals surface area (Å²) in [6.07, 6.45) is 1.59. The van der Waals surface area contributed by atoms with Crippen molar-refractivity contribution in [1.29, 1.82) is 0 Å². The molecule has 0 atom stereocenters. The van der Waals surface area contributed by atoms with Crippen LogP contribution in [0.2, 0.25) is 10.0 Å². The first-order valence-electron chi connectivity index (χ1n) is 7.91. The number of hydrogen-bond acceptors (Lipinski definition) is 6. The molecule has 0 spiro atoms. The smallest absolute Gasteiger partial charge is 0.363 e. The molecule has 1 heterocycles. The van der Waals surface area contributed by atoms with E-state index in [-0.39, 0.29) is 6.61 Å². The molecule has 0 fully saturated rings. The fraction of sp³-hybridized carbons (Fsp3) is 0.111. The minimum Gasteiger partial charge on any atom is -0.489 e. The van der Waals surface area contributed by atoms with Gasteiger partial charge in [-0.3, -0.25) is 5.43 Å². The molecule has 0 aliphatic heterocycles. The summed E-state index contributed by atoms with van der Waals surface area (Å²) in [6.45, 7) is 1.98. The average Bonchev–Trinajstić information content (AvgIpc) is 2.65. The number of ether oxygens (including phenoxy) is 1. The third kappa shape index (κ3) is 5.06. The highest BCUT2D eigenvalue weighted by Gasteiger charge is 2.06. The lowest BCUT2D eigenvalue weighted by atomic mass is 10.2. The Kier molecular flexibility index (Phi) is 6.05. The number of H-pyrrole nitrogens is 1. The minimum absolute atomic E-state index is 0.272. The van der Waals surface area contributed by atoms with Crippen LogP contribution in [-0.2, 0) is 6.61 Å². The van der Waals surface area contributed by atoms with E-state index >= 15 is 0 Å². The summed E-state index contributed by atoms with van der Waals surface area (Å²) in [5.41, 5.74) is 4.26. The third-order valence-electron chi connectivity index (χ3n) is 3.58. The molecule has 0 unspecified atom stereocenters. The number of aromatic amines is 1. The van der Waals surface area contributed by atoms with Gasteiger partial charge in [-0.15, -0.1) is 0 Å². The first-order chi connectivity index (χ1) is 13.0. The molecule has 3 rings (SSSR count). The molecule has 9 heteroatoms. The van der Waals surface area contributed by atoms with Gasteiger partial charge in [0.1, 0.15) is 18.1 Å². The molecule has 0 saturated heterocycles. The SMILES string of the molecule is Cc1n[nH]c(=O)nc1N/N=C\c1ccc(OCc2c(Cl)cccc2Cl)cc1. The molecule has 27 heavy (non-hydrogen) atoms. The number of anilines is 1. The molecule has 138 valence electrons. The first kappa shape index (κ1) is 18.9. The van der Waals surface area contributed by atoms with Crippen molar-refractivity contribution in [3.63, 3.8) is 0 Å². The van der Waals surface area contributed by atoms with E-state index < -0.39 is 5.69 Å². The van der Waals surface area contributed by atoms with Crippen molar-refractivity contribution in [2.45, 2.75) is 13.5 Å². The molecule has 0 saturated carbocycles. The number of benzene rings is 2. The molecule has 2 N–H and O–H groups in total. The van der Waals surface area contributed by atoms with Crippen LogP contribution < -0.4 is 15.9 Å². The van der Waals surface area contributed by atoms with E-state index in [2.05, 4.69) is 25.7 Å². The lowest BCUT2D eigenvalue weighted by molar-refractivity contribution is 0.306. The zero-order valence-electron chi connectivity index (χ0n) is 14.2. The Hall–Kier alpha value is -2.90. The number of rotatable bonds is 6. The number of hydrazone groups is 1. The van der Waals surface area contributed by atoms with Gasteiger partial charge in [0.25, 0.3) is 0 Å². The summed E-state index contributed by atoms with van der Waals surface area (Å²) in [5.74, 6) is 0.971. The maximum absolute atomic E-state index is 11.2. The van der Waals surface area contributed by atoms with Gasteiger partial charge in [0.15, 0.2) is 5.82 Å². The molecule has 0 amide bonds. The van der Waals surface area contributed by atoms with E-state index in [0.717, 1.165) is 11.1 Å². The number of halogens is 2. The summed E-state index contributed by atoms with van der Waals surface area (Å²) < 4.78 is 5.73. The summed E-state index contributed by atoms with van der Waals surface area (Å²) in [4.78, 5) is 14.9. The summed E-state index contributed by atoms with van der Waals surface area (Å²) in [6, 6.07) is 12.6. The van der Waals surface area contributed by atoms with Gasteiger partial charge in [-0.25, -0.2) is 9.89 Å². The van der Waals surface area contributed by atoms with Crippen molar-refractivity contribution < 1.29 is 4.74 Å². The van der Waals surface area contributed by atoms with Crippen LogP contribution >= 0.6 is 23.2 Å². The van der Waals surface area contributed by atoms with Gasteiger partial charge in [-0.1, -0.05) is 29.3 Å². The molecule has 0 bridgehead atoms. The number of aromatic nitrogens is 3. The molecule has 1 aromatic heterocycles. The zero-order chi connectivity index (χ0) is 19.2. The van der Waals surface area contributed by atoms with E-state index in [1.807, 2.05) is 24.3 Å². The third-order valence-corrected chi connectivity index (χ3v) is 4.29. The van der Waals surface area contributed by atoms with Crippen LogP contribution in [0, 0.1) is 6.92 Å². The summed E-state index contributed by atoms with van der Waals surface area (Å²) in [7, 11) is 0. The molecule has 0 radical (unpaired) electrons. The average molecular weight is 404 g/mol. The van der Waals surface area contributed by atoms with Crippen LogP contribution in [0.5, 0.6) is 5.75 Å². The van der Waals surface area contributed by atoms with Crippen molar-refractivity contribution >= 4 is 35.2 Å². The van der Waals surface area contributed by atoms with Crippen LogP contribution in [0.4, 0.5) is 5.82 Å². The van der Waals surface area contributed by atoms with E-state index in [9.17, 15) is 4.79 Å². The normalized spacial score (nSPS) is 10.9.